The maximum absolute atomic E-state index is 8.72. The first kappa shape index (κ1) is 16.9. The van der Waals surface area contributed by atoms with Crippen LogP contribution in [-0.2, 0) is 0 Å². The molecule has 3 nitrogen and oxygen atoms in total. The van der Waals surface area contributed by atoms with Gasteiger partial charge >= 0.3 is 0 Å². The Morgan fingerprint density at radius 2 is 1.76 bits per heavy atom. The first-order valence-electron chi connectivity index (χ1n) is 7.24. The molecule has 1 atom stereocenters. The zero-order valence-corrected chi connectivity index (χ0v) is 11.8. The van der Waals surface area contributed by atoms with Gasteiger partial charge in [0.05, 0.1) is 0 Å². The monoisotopic (exact) mass is 244 g/mol. The SMILES string of the molecule is CCCCCCCC(C)(CN)NCCCCO. The average Bonchev–Trinajstić information content (AvgIpc) is 2.34. The van der Waals surface area contributed by atoms with Crippen molar-refractivity contribution in [2.24, 2.45) is 5.73 Å². The summed E-state index contributed by atoms with van der Waals surface area (Å²) in [4.78, 5) is 0. The lowest BCUT2D eigenvalue weighted by Crippen LogP contribution is -2.48. The number of nitrogens with two attached hydrogens (primary N) is 1. The van der Waals surface area contributed by atoms with Crippen molar-refractivity contribution < 1.29 is 5.11 Å². The topological polar surface area (TPSA) is 58.3 Å². The summed E-state index contributed by atoms with van der Waals surface area (Å²) in [5.74, 6) is 0. The van der Waals surface area contributed by atoms with E-state index in [1.165, 1.54) is 32.1 Å². The average molecular weight is 244 g/mol. The molecule has 0 aliphatic carbocycles. The zero-order chi connectivity index (χ0) is 13.0. The van der Waals surface area contributed by atoms with Crippen molar-refractivity contribution in [1.82, 2.24) is 5.32 Å². The van der Waals surface area contributed by atoms with Gasteiger partial charge in [-0.1, -0.05) is 39.0 Å². The van der Waals surface area contributed by atoms with Gasteiger partial charge in [0.2, 0.25) is 0 Å². The second-order valence-electron chi connectivity index (χ2n) is 5.29. The van der Waals surface area contributed by atoms with Gasteiger partial charge in [-0.3, -0.25) is 0 Å². The second kappa shape index (κ2) is 11.0. The van der Waals surface area contributed by atoms with Crippen molar-refractivity contribution in [3.05, 3.63) is 0 Å². The van der Waals surface area contributed by atoms with Crippen LogP contribution in [-0.4, -0.2) is 30.3 Å². The molecule has 0 aliphatic rings. The van der Waals surface area contributed by atoms with E-state index in [-0.39, 0.29) is 12.1 Å². The van der Waals surface area contributed by atoms with Crippen molar-refractivity contribution in [1.29, 1.82) is 0 Å². The fraction of sp³-hybridized carbons (Fsp3) is 1.00. The normalized spacial score (nSPS) is 14.8. The van der Waals surface area contributed by atoms with Gasteiger partial charge in [0.25, 0.3) is 0 Å². The Morgan fingerprint density at radius 1 is 1.06 bits per heavy atom. The number of nitrogens with one attached hydrogen (secondary N) is 1. The number of rotatable bonds is 12. The highest BCUT2D eigenvalue weighted by atomic mass is 16.2. The minimum atomic E-state index is 0.0850. The van der Waals surface area contributed by atoms with E-state index in [1.54, 1.807) is 0 Å². The molecule has 0 aromatic rings. The van der Waals surface area contributed by atoms with Crippen molar-refractivity contribution >= 4 is 0 Å². The van der Waals surface area contributed by atoms with Gasteiger partial charge in [0, 0.05) is 18.7 Å². The van der Waals surface area contributed by atoms with Crippen LogP contribution in [0.4, 0.5) is 0 Å². The van der Waals surface area contributed by atoms with E-state index in [0.717, 1.165) is 25.8 Å². The smallest absolute Gasteiger partial charge is 0.0431 e. The Bertz CT molecular complexity index is 164. The Labute approximate surface area is 107 Å². The van der Waals surface area contributed by atoms with Crippen LogP contribution in [0.2, 0.25) is 0 Å². The van der Waals surface area contributed by atoms with E-state index in [0.29, 0.717) is 6.54 Å². The molecule has 0 aromatic heterocycles. The molecule has 0 heterocycles. The predicted molar refractivity (Wildman–Crippen MR) is 75.2 cm³/mol. The van der Waals surface area contributed by atoms with E-state index in [1.807, 2.05) is 0 Å². The van der Waals surface area contributed by atoms with Crippen LogP contribution >= 0.6 is 0 Å². The third-order valence-electron chi connectivity index (χ3n) is 3.42. The first-order valence-corrected chi connectivity index (χ1v) is 7.24. The number of hydrogen-bond donors (Lipinski definition) is 3. The van der Waals surface area contributed by atoms with Crippen LogP contribution in [0.3, 0.4) is 0 Å². The number of aliphatic hydroxyl groups excluding tert-OH is 1. The predicted octanol–water partition coefficient (Wildman–Crippen LogP) is 2.43. The molecule has 0 radical (unpaired) electrons. The fourth-order valence-electron chi connectivity index (χ4n) is 2.01. The molecule has 0 saturated carbocycles. The largest absolute Gasteiger partial charge is 0.396 e. The maximum atomic E-state index is 8.72. The fourth-order valence-corrected chi connectivity index (χ4v) is 2.01. The summed E-state index contributed by atoms with van der Waals surface area (Å²) in [7, 11) is 0. The van der Waals surface area contributed by atoms with Crippen LogP contribution in [0.15, 0.2) is 0 Å². The number of aliphatic hydroxyl groups is 1. The lowest BCUT2D eigenvalue weighted by molar-refractivity contribution is 0.274. The van der Waals surface area contributed by atoms with Crippen molar-refractivity contribution in [2.75, 3.05) is 19.7 Å². The molecule has 104 valence electrons. The summed E-state index contributed by atoms with van der Waals surface area (Å²) in [5, 5.41) is 12.3. The van der Waals surface area contributed by atoms with E-state index in [4.69, 9.17) is 10.8 Å². The third-order valence-corrected chi connectivity index (χ3v) is 3.42. The van der Waals surface area contributed by atoms with E-state index in [9.17, 15) is 0 Å². The minimum absolute atomic E-state index is 0.0850. The molecular weight excluding hydrogens is 212 g/mol. The van der Waals surface area contributed by atoms with Crippen molar-refractivity contribution in [3.8, 4) is 0 Å². The van der Waals surface area contributed by atoms with E-state index >= 15 is 0 Å². The Hall–Kier alpha value is -0.120. The van der Waals surface area contributed by atoms with Gasteiger partial charge in [0.15, 0.2) is 0 Å². The molecule has 1 unspecified atom stereocenters. The molecule has 4 N–H and O–H groups in total. The Balaban J connectivity index is 3.61. The lowest BCUT2D eigenvalue weighted by atomic mass is 9.93. The van der Waals surface area contributed by atoms with E-state index in [2.05, 4.69) is 19.2 Å². The second-order valence-corrected chi connectivity index (χ2v) is 5.29. The molecule has 3 heteroatoms. The molecule has 0 aromatic carbocycles. The molecule has 0 rings (SSSR count). The summed E-state index contributed by atoms with van der Waals surface area (Å²) >= 11 is 0. The summed E-state index contributed by atoms with van der Waals surface area (Å²) in [6.45, 7) is 6.40. The summed E-state index contributed by atoms with van der Waals surface area (Å²) in [6.07, 6.45) is 9.65. The Morgan fingerprint density at radius 3 is 2.35 bits per heavy atom. The van der Waals surface area contributed by atoms with Crippen LogP contribution in [0.1, 0.15) is 65.2 Å². The van der Waals surface area contributed by atoms with Gasteiger partial charge in [-0.25, -0.2) is 0 Å². The van der Waals surface area contributed by atoms with Crippen molar-refractivity contribution in [2.45, 2.75) is 70.8 Å². The molecule has 0 spiro atoms. The molecule has 0 aliphatic heterocycles. The van der Waals surface area contributed by atoms with Gasteiger partial charge < -0.3 is 16.2 Å². The van der Waals surface area contributed by atoms with Crippen LogP contribution < -0.4 is 11.1 Å². The number of hydrogen-bond acceptors (Lipinski definition) is 3. The lowest BCUT2D eigenvalue weighted by Gasteiger charge is -2.29. The van der Waals surface area contributed by atoms with Crippen LogP contribution in [0, 0.1) is 0 Å². The molecule has 0 fully saturated rings. The highest BCUT2D eigenvalue weighted by Gasteiger charge is 2.20. The van der Waals surface area contributed by atoms with Gasteiger partial charge in [-0.2, -0.15) is 0 Å². The first-order chi connectivity index (χ1) is 8.18. The molecular formula is C14H32N2O. The molecule has 0 amide bonds. The van der Waals surface area contributed by atoms with Gasteiger partial charge in [-0.15, -0.1) is 0 Å². The minimum Gasteiger partial charge on any atom is -0.396 e. The summed E-state index contributed by atoms with van der Waals surface area (Å²) < 4.78 is 0. The van der Waals surface area contributed by atoms with E-state index < -0.39 is 0 Å². The maximum Gasteiger partial charge on any atom is 0.0431 e. The van der Waals surface area contributed by atoms with Gasteiger partial charge in [0.1, 0.15) is 0 Å². The quantitative estimate of drug-likeness (QED) is 0.462. The summed E-state index contributed by atoms with van der Waals surface area (Å²) in [6, 6.07) is 0. The van der Waals surface area contributed by atoms with Gasteiger partial charge in [-0.05, 0) is 32.7 Å². The summed E-state index contributed by atoms with van der Waals surface area (Å²) in [5.41, 5.74) is 5.94. The molecule has 0 bridgehead atoms. The zero-order valence-electron chi connectivity index (χ0n) is 11.8. The standard InChI is InChI=1S/C14H32N2O/c1-3-4-5-6-7-10-14(2,13-15)16-11-8-9-12-17/h16-17H,3-13,15H2,1-2H3. The molecule has 0 saturated heterocycles. The number of unbranched alkanes of at least 4 members (excludes halogenated alkanes) is 5. The highest BCUT2D eigenvalue weighted by Crippen LogP contribution is 2.14. The van der Waals surface area contributed by atoms with Crippen LogP contribution in [0.5, 0.6) is 0 Å². The van der Waals surface area contributed by atoms with Crippen molar-refractivity contribution in [3.63, 3.8) is 0 Å². The third kappa shape index (κ3) is 9.57. The molecule has 17 heavy (non-hydrogen) atoms. The highest BCUT2D eigenvalue weighted by molar-refractivity contribution is 4.83. The van der Waals surface area contributed by atoms with Crippen LogP contribution in [0.25, 0.3) is 0 Å². The Kier molecular flexibility index (Phi) is 10.9.